The number of anilines is 1. The molecule has 2 heterocycles. The molecule has 5 heteroatoms. The lowest BCUT2D eigenvalue weighted by Gasteiger charge is -2.09. The number of aromatic nitrogens is 1. The van der Waals surface area contributed by atoms with Crippen molar-refractivity contribution in [1.82, 2.24) is 4.40 Å². The molecule has 0 aliphatic heterocycles. The molecule has 0 radical (unpaired) electrons. The lowest BCUT2D eigenvalue weighted by atomic mass is 10.0. The standard InChI is InChI=1S/C24H19ClN2O2/c1-15-6-11-19(13-16(15)2)26-24(29)23(28)22-21(17-7-9-18(25)10-8-17)14-20-5-3-4-12-27(20)22/h3-14H,1-2H3,(H,26,29). The van der Waals surface area contributed by atoms with Crippen molar-refractivity contribution < 1.29 is 9.59 Å². The van der Waals surface area contributed by atoms with Crippen molar-refractivity contribution in [3.8, 4) is 11.1 Å². The number of fused-ring (bicyclic) bond motifs is 1. The van der Waals surface area contributed by atoms with E-state index in [2.05, 4.69) is 5.32 Å². The first-order valence-corrected chi connectivity index (χ1v) is 9.61. The Bertz CT molecular complexity index is 1240. The number of benzene rings is 2. The van der Waals surface area contributed by atoms with Crippen LogP contribution in [0.4, 0.5) is 5.69 Å². The molecule has 1 amide bonds. The number of nitrogens with one attached hydrogen (secondary N) is 1. The van der Waals surface area contributed by atoms with Crippen molar-refractivity contribution in [3.63, 3.8) is 0 Å². The van der Waals surface area contributed by atoms with Crippen molar-refractivity contribution in [1.29, 1.82) is 0 Å². The number of amides is 1. The average molecular weight is 403 g/mol. The monoisotopic (exact) mass is 402 g/mol. The Hall–Kier alpha value is -3.37. The quantitative estimate of drug-likeness (QED) is 0.351. The molecule has 0 fully saturated rings. The second-order valence-corrected chi connectivity index (χ2v) is 7.43. The number of aryl methyl sites for hydroxylation is 2. The van der Waals surface area contributed by atoms with Gasteiger partial charge in [-0.2, -0.15) is 0 Å². The molecule has 0 aliphatic rings. The summed E-state index contributed by atoms with van der Waals surface area (Å²) in [7, 11) is 0. The molecule has 4 nitrogen and oxygen atoms in total. The van der Waals surface area contributed by atoms with Gasteiger partial charge in [-0.15, -0.1) is 0 Å². The normalized spacial score (nSPS) is 10.9. The molecule has 0 unspecified atom stereocenters. The molecule has 0 saturated carbocycles. The van der Waals surface area contributed by atoms with E-state index >= 15 is 0 Å². The predicted octanol–water partition coefficient (Wildman–Crippen LogP) is 5.70. The van der Waals surface area contributed by atoms with Crippen molar-refractivity contribution in [2.45, 2.75) is 13.8 Å². The third kappa shape index (κ3) is 3.67. The third-order valence-corrected chi connectivity index (χ3v) is 5.27. The van der Waals surface area contributed by atoms with E-state index in [9.17, 15) is 9.59 Å². The summed E-state index contributed by atoms with van der Waals surface area (Å²) < 4.78 is 1.74. The summed E-state index contributed by atoms with van der Waals surface area (Å²) in [4.78, 5) is 26.0. The molecule has 2 aromatic carbocycles. The summed E-state index contributed by atoms with van der Waals surface area (Å²) in [6.07, 6.45) is 1.78. The van der Waals surface area contributed by atoms with E-state index < -0.39 is 11.7 Å². The summed E-state index contributed by atoms with van der Waals surface area (Å²) in [5.41, 5.74) is 5.43. The van der Waals surface area contributed by atoms with Gasteiger partial charge in [-0.05, 0) is 73.0 Å². The maximum atomic E-state index is 13.2. The fourth-order valence-electron chi connectivity index (χ4n) is 3.32. The fourth-order valence-corrected chi connectivity index (χ4v) is 3.45. The van der Waals surface area contributed by atoms with Gasteiger partial charge in [0, 0.05) is 28.0 Å². The fraction of sp³-hybridized carbons (Fsp3) is 0.0833. The molecule has 0 atom stereocenters. The van der Waals surface area contributed by atoms with Gasteiger partial charge in [-0.1, -0.05) is 35.9 Å². The summed E-state index contributed by atoms with van der Waals surface area (Å²) in [5, 5.41) is 3.34. The van der Waals surface area contributed by atoms with Crippen LogP contribution >= 0.6 is 11.6 Å². The molecule has 2 aromatic heterocycles. The lowest BCUT2D eigenvalue weighted by Crippen LogP contribution is -2.24. The third-order valence-electron chi connectivity index (χ3n) is 5.02. The number of hydrogen-bond donors (Lipinski definition) is 1. The highest BCUT2D eigenvalue weighted by molar-refractivity contribution is 6.47. The molecule has 0 bridgehead atoms. The number of carbonyl (C=O) groups is 2. The van der Waals surface area contributed by atoms with Crippen molar-refractivity contribution in [3.05, 3.63) is 94.8 Å². The van der Waals surface area contributed by atoms with E-state index in [1.165, 1.54) is 0 Å². The van der Waals surface area contributed by atoms with E-state index in [1.807, 2.05) is 62.4 Å². The van der Waals surface area contributed by atoms with E-state index in [-0.39, 0.29) is 0 Å². The molecule has 0 saturated heterocycles. The zero-order chi connectivity index (χ0) is 20.5. The molecular formula is C24H19ClN2O2. The van der Waals surface area contributed by atoms with Crippen LogP contribution in [0.1, 0.15) is 21.6 Å². The summed E-state index contributed by atoms with van der Waals surface area (Å²) in [5.74, 6) is -1.27. The number of pyridine rings is 1. The highest BCUT2D eigenvalue weighted by Crippen LogP contribution is 2.29. The van der Waals surface area contributed by atoms with Crippen molar-refractivity contribution >= 4 is 34.5 Å². The summed E-state index contributed by atoms with van der Waals surface area (Å²) in [6.45, 7) is 3.96. The highest BCUT2D eigenvalue weighted by atomic mass is 35.5. The number of halogens is 1. The molecular weight excluding hydrogens is 384 g/mol. The molecule has 29 heavy (non-hydrogen) atoms. The summed E-state index contributed by atoms with van der Waals surface area (Å²) in [6, 6.07) is 20.3. The van der Waals surface area contributed by atoms with Crippen LogP contribution in [0.3, 0.4) is 0 Å². The number of ketones is 1. The smallest absolute Gasteiger partial charge is 0.298 e. The SMILES string of the molecule is Cc1ccc(NC(=O)C(=O)c2c(-c3ccc(Cl)cc3)cc3ccccn23)cc1C. The predicted molar refractivity (Wildman–Crippen MR) is 117 cm³/mol. The van der Waals surface area contributed by atoms with Crippen molar-refractivity contribution in [2.24, 2.45) is 0 Å². The zero-order valence-electron chi connectivity index (χ0n) is 16.1. The van der Waals surface area contributed by atoms with Crippen LogP contribution in [0, 0.1) is 13.8 Å². The number of hydrogen-bond acceptors (Lipinski definition) is 2. The van der Waals surface area contributed by atoms with Gasteiger partial charge >= 0.3 is 0 Å². The highest BCUT2D eigenvalue weighted by Gasteiger charge is 2.25. The molecule has 1 N–H and O–H groups in total. The van der Waals surface area contributed by atoms with Crippen LogP contribution in [0.25, 0.3) is 16.6 Å². The first-order chi connectivity index (χ1) is 13.9. The topological polar surface area (TPSA) is 50.6 Å². The maximum absolute atomic E-state index is 13.2. The minimum atomic E-state index is -0.674. The Balaban J connectivity index is 1.76. The molecule has 4 rings (SSSR count). The van der Waals surface area contributed by atoms with Gasteiger partial charge in [0.05, 0.1) is 0 Å². The van der Waals surface area contributed by atoms with Gasteiger partial charge in [0.2, 0.25) is 0 Å². The summed E-state index contributed by atoms with van der Waals surface area (Å²) >= 11 is 6.01. The molecule has 144 valence electrons. The van der Waals surface area contributed by atoms with Crippen LogP contribution in [0.15, 0.2) is 72.9 Å². The number of carbonyl (C=O) groups excluding carboxylic acids is 2. The number of nitrogens with zero attached hydrogens (tertiary/aromatic N) is 1. The largest absolute Gasteiger partial charge is 0.319 e. The van der Waals surface area contributed by atoms with Gasteiger partial charge < -0.3 is 9.72 Å². The van der Waals surface area contributed by atoms with Gasteiger partial charge in [-0.3, -0.25) is 9.59 Å². The van der Waals surface area contributed by atoms with E-state index in [4.69, 9.17) is 11.6 Å². The Morgan fingerprint density at radius 3 is 2.38 bits per heavy atom. The van der Waals surface area contributed by atoms with Gasteiger partial charge in [0.1, 0.15) is 5.69 Å². The first kappa shape index (κ1) is 19.0. The molecule has 0 aliphatic carbocycles. The van der Waals surface area contributed by atoms with E-state index in [1.54, 1.807) is 28.8 Å². The number of Topliss-reactive ketones (excluding diaryl/α,β-unsaturated/α-hetero) is 1. The Morgan fingerprint density at radius 2 is 1.66 bits per heavy atom. The molecule has 0 spiro atoms. The average Bonchev–Trinajstić information content (AvgIpc) is 3.10. The minimum Gasteiger partial charge on any atom is -0.319 e. The molecule has 4 aromatic rings. The van der Waals surface area contributed by atoms with Crippen LogP contribution in [0.2, 0.25) is 5.02 Å². The minimum absolute atomic E-state index is 0.323. The van der Waals surface area contributed by atoms with E-state index in [0.717, 1.165) is 22.2 Å². The Labute approximate surface area is 173 Å². The Morgan fingerprint density at radius 1 is 0.897 bits per heavy atom. The zero-order valence-corrected chi connectivity index (χ0v) is 16.8. The second-order valence-electron chi connectivity index (χ2n) is 6.99. The first-order valence-electron chi connectivity index (χ1n) is 9.23. The maximum Gasteiger partial charge on any atom is 0.298 e. The Kier molecular flexibility index (Phi) is 4.95. The van der Waals surface area contributed by atoms with Crippen LogP contribution < -0.4 is 5.32 Å². The van der Waals surface area contributed by atoms with Gasteiger partial charge in [0.15, 0.2) is 0 Å². The van der Waals surface area contributed by atoms with E-state index in [0.29, 0.717) is 22.0 Å². The van der Waals surface area contributed by atoms with Crippen LogP contribution in [0.5, 0.6) is 0 Å². The lowest BCUT2D eigenvalue weighted by molar-refractivity contribution is -0.112. The van der Waals surface area contributed by atoms with Gasteiger partial charge in [0.25, 0.3) is 11.7 Å². The van der Waals surface area contributed by atoms with Crippen LogP contribution in [-0.4, -0.2) is 16.1 Å². The van der Waals surface area contributed by atoms with Crippen LogP contribution in [-0.2, 0) is 4.79 Å². The number of rotatable bonds is 4. The second kappa shape index (κ2) is 7.57. The van der Waals surface area contributed by atoms with Crippen molar-refractivity contribution in [2.75, 3.05) is 5.32 Å². The van der Waals surface area contributed by atoms with Gasteiger partial charge in [-0.25, -0.2) is 0 Å².